The monoisotopic (exact) mass is 245 g/mol. The number of alkyl halides is 1. The molecule has 1 fully saturated rings. The van der Waals surface area contributed by atoms with Gasteiger partial charge in [-0.05, 0) is 6.07 Å². The molecule has 16 heavy (non-hydrogen) atoms. The second kappa shape index (κ2) is 4.42. The number of halogens is 1. The van der Waals surface area contributed by atoms with Crippen molar-refractivity contribution in [2.75, 3.05) is 12.3 Å². The first kappa shape index (κ1) is 11.4. The summed E-state index contributed by atoms with van der Waals surface area (Å²) < 4.78 is 14.7. The molecule has 3 N–H and O–H groups in total. The Morgan fingerprint density at radius 3 is 3.06 bits per heavy atom. The molecule has 1 aromatic rings. The minimum atomic E-state index is -1.09. The largest absolute Gasteiger partial charge is 0.395 e. The number of nitrogens with zero attached hydrogens (tertiary/aromatic N) is 2. The van der Waals surface area contributed by atoms with Crippen LogP contribution in [0.15, 0.2) is 17.1 Å². The maximum absolute atomic E-state index is 13.4. The molecule has 0 amide bonds. The second-order valence-corrected chi connectivity index (χ2v) is 5.03. The van der Waals surface area contributed by atoms with Gasteiger partial charge in [-0.25, -0.2) is 9.18 Å². The standard InChI is InChI=1S/C9H12FN3O2S/c10-5-3-8(16-6(5)4-14)13-2-1-7(11)12-9(13)15/h1-2,5-6,8,14H,3-4H2,(H2,11,12,15)/t5-,6+,8+/m0/s1. The van der Waals surface area contributed by atoms with Crippen molar-refractivity contribution in [1.82, 2.24) is 9.55 Å². The summed E-state index contributed by atoms with van der Waals surface area (Å²) in [6, 6.07) is 1.50. The quantitative estimate of drug-likeness (QED) is 0.775. The third kappa shape index (κ3) is 2.05. The number of nitrogens with two attached hydrogens (primary N) is 1. The van der Waals surface area contributed by atoms with E-state index in [4.69, 9.17) is 10.8 Å². The van der Waals surface area contributed by atoms with E-state index in [9.17, 15) is 9.18 Å². The summed E-state index contributed by atoms with van der Waals surface area (Å²) in [5.74, 6) is 0.153. The van der Waals surface area contributed by atoms with Crippen LogP contribution in [0.5, 0.6) is 0 Å². The van der Waals surface area contributed by atoms with Crippen molar-refractivity contribution >= 4 is 17.6 Å². The number of aliphatic hydroxyl groups excluding tert-OH is 1. The lowest BCUT2D eigenvalue weighted by molar-refractivity contribution is 0.227. The predicted molar refractivity (Wildman–Crippen MR) is 59.9 cm³/mol. The fourth-order valence-electron chi connectivity index (χ4n) is 1.67. The zero-order chi connectivity index (χ0) is 11.7. The van der Waals surface area contributed by atoms with Crippen LogP contribution in [0.3, 0.4) is 0 Å². The van der Waals surface area contributed by atoms with E-state index in [1.54, 1.807) is 0 Å². The minimum Gasteiger partial charge on any atom is -0.395 e. The third-order valence-corrected chi connectivity index (χ3v) is 4.03. The molecule has 88 valence electrons. The van der Waals surface area contributed by atoms with Crippen molar-refractivity contribution in [2.45, 2.75) is 23.2 Å². The minimum absolute atomic E-state index is 0.153. The Kier molecular flexibility index (Phi) is 3.15. The molecule has 0 aliphatic carbocycles. The summed E-state index contributed by atoms with van der Waals surface area (Å²) in [5, 5.41) is 8.15. The van der Waals surface area contributed by atoms with Crippen LogP contribution < -0.4 is 11.4 Å². The first-order valence-corrected chi connectivity index (χ1v) is 5.81. The summed E-state index contributed by atoms with van der Waals surface area (Å²) >= 11 is 1.25. The van der Waals surface area contributed by atoms with Crippen molar-refractivity contribution in [2.24, 2.45) is 0 Å². The van der Waals surface area contributed by atoms with Gasteiger partial charge in [0.1, 0.15) is 12.0 Å². The second-order valence-electron chi connectivity index (χ2n) is 3.61. The lowest BCUT2D eigenvalue weighted by Gasteiger charge is -2.12. The van der Waals surface area contributed by atoms with Crippen LogP contribution in [0.2, 0.25) is 0 Å². The molecule has 0 radical (unpaired) electrons. The number of aliphatic hydroxyl groups is 1. The number of thioether (sulfide) groups is 1. The lowest BCUT2D eigenvalue weighted by atomic mass is 10.2. The van der Waals surface area contributed by atoms with Gasteiger partial charge in [-0.15, -0.1) is 11.8 Å². The van der Waals surface area contributed by atoms with Gasteiger partial charge in [0.05, 0.1) is 17.2 Å². The Balaban J connectivity index is 2.23. The Bertz CT molecular complexity index is 439. The number of nitrogen functional groups attached to an aromatic ring is 1. The van der Waals surface area contributed by atoms with E-state index < -0.39 is 17.1 Å². The highest BCUT2D eigenvalue weighted by atomic mass is 32.2. The van der Waals surface area contributed by atoms with Gasteiger partial charge in [0, 0.05) is 12.6 Å². The van der Waals surface area contributed by atoms with E-state index in [-0.39, 0.29) is 24.2 Å². The molecule has 0 bridgehead atoms. The summed E-state index contributed by atoms with van der Waals surface area (Å²) in [5.41, 5.74) is 4.88. The fraction of sp³-hybridized carbons (Fsp3) is 0.556. The molecule has 1 aliphatic rings. The maximum atomic E-state index is 13.4. The molecule has 1 aliphatic heterocycles. The van der Waals surface area contributed by atoms with Gasteiger partial charge in [0.25, 0.3) is 0 Å². The van der Waals surface area contributed by atoms with Crippen molar-refractivity contribution in [3.05, 3.63) is 22.7 Å². The van der Waals surface area contributed by atoms with Crippen molar-refractivity contribution in [1.29, 1.82) is 0 Å². The first-order chi connectivity index (χ1) is 7.61. The number of rotatable bonds is 2. The normalized spacial score (nSPS) is 29.5. The van der Waals surface area contributed by atoms with Crippen molar-refractivity contribution in [3.63, 3.8) is 0 Å². The molecule has 1 saturated heterocycles. The van der Waals surface area contributed by atoms with Crippen LogP contribution in [0, 0.1) is 0 Å². The Morgan fingerprint density at radius 1 is 1.75 bits per heavy atom. The molecule has 0 saturated carbocycles. The average Bonchev–Trinajstić information content (AvgIpc) is 2.59. The van der Waals surface area contributed by atoms with Crippen LogP contribution in [-0.2, 0) is 0 Å². The lowest BCUT2D eigenvalue weighted by Crippen LogP contribution is -2.25. The van der Waals surface area contributed by atoms with Gasteiger partial charge < -0.3 is 10.8 Å². The molecule has 0 unspecified atom stereocenters. The van der Waals surface area contributed by atoms with Crippen LogP contribution >= 0.6 is 11.8 Å². The summed E-state index contributed by atoms with van der Waals surface area (Å²) in [7, 11) is 0. The van der Waals surface area contributed by atoms with E-state index in [2.05, 4.69) is 4.98 Å². The molecule has 0 spiro atoms. The highest BCUT2D eigenvalue weighted by molar-refractivity contribution is 8.00. The van der Waals surface area contributed by atoms with Gasteiger partial charge in [-0.3, -0.25) is 4.57 Å². The molecular formula is C9H12FN3O2S. The van der Waals surface area contributed by atoms with Crippen molar-refractivity contribution in [3.8, 4) is 0 Å². The van der Waals surface area contributed by atoms with Gasteiger partial charge in [0.15, 0.2) is 0 Å². The fourth-order valence-corrected chi connectivity index (χ4v) is 3.03. The average molecular weight is 245 g/mol. The van der Waals surface area contributed by atoms with E-state index in [1.165, 1.54) is 28.6 Å². The number of hydrogen-bond acceptors (Lipinski definition) is 5. The number of hydrogen-bond donors (Lipinski definition) is 2. The van der Waals surface area contributed by atoms with Gasteiger partial charge in [-0.2, -0.15) is 4.98 Å². The molecule has 2 rings (SSSR count). The Morgan fingerprint density at radius 2 is 2.50 bits per heavy atom. The van der Waals surface area contributed by atoms with Gasteiger partial charge >= 0.3 is 5.69 Å². The van der Waals surface area contributed by atoms with Gasteiger partial charge in [0.2, 0.25) is 0 Å². The first-order valence-electron chi connectivity index (χ1n) is 4.87. The molecule has 5 nitrogen and oxygen atoms in total. The Labute approximate surface area is 95.5 Å². The van der Waals surface area contributed by atoms with Gasteiger partial charge in [-0.1, -0.05) is 0 Å². The zero-order valence-corrected chi connectivity index (χ0v) is 9.23. The maximum Gasteiger partial charge on any atom is 0.350 e. The summed E-state index contributed by atoms with van der Waals surface area (Å²) in [6.07, 6.45) is 0.625. The molecule has 7 heteroatoms. The van der Waals surface area contributed by atoms with Crippen LogP contribution in [0.25, 0.3) is 0 Å². The van der Waals surface area contributed by atoms with Crippen LogP contribution in [0.4, 0.5) is 10.2 Å². The smallest absolute Gasteiger partial charge is 0.350 e. The predicted octanol–water partition coefficient (Wildman–Crippen LogP) is 0.160. The highest BCUT2D eigenvalue weighted by Crippen LogP contribution is 2.42. The van der Waals surface area contributed by atoms with E-state index in [0.29, 0.717) is 0 Å². The molecule has 0 aromatic carbocycles. The molecule has 1 aromatic heterocycles. The summed E-state index contributed by atoms with van der Waals surface area (Å²) in [6.45, 7) is -0.223. The molecular weight excluding hydrogens is 233 g/mol. The van der Waals surface area contributed by atoms with Crippen molar-refractivity contribution < 1.29 is 9.50 Å². The Hall–Kier alpha value is -1.08. The van der Waals surface area contributed by atoms with E-state index >= 15 is 0 Å². The van der Waals surface area contributed by atoms with Crippen LogP contribution in [-0.4, -0.2) is 32.7 Å². The number of anilines is 1. The molecule has 2 heterocycles. The summed E-state index contributed by atoms with van der Waals surface area (Å²) in [4.78, 5) is 15.1. The highest BCUT2D eigenvalue weighted by Gasteiger charge is 2.36. The van der Waals surface area contributed by atoms with Crippen LogP contribution in [0.1, 0.15) is 11.8 Å². The SMILES string of the molecule is Nc1ccn([C@H]2C[C@H](F)[C@@H](CO)S2)c(=O)n1. The topological polar surface area (TPSA) is 81.1 Å². The van der Waals surface area contributed by atoms with E-state index in [0.717, 1.165) is 0 Å². The molecule has 3 atom stereocenters. The zero-order valence-electron chi connectivity index (χ0n) is 8.41. The van der Waals surface area contributed by atoms with E-state index in [1.807, 2.05) is 0 Å². The number of aromatic nitrogens is 2. The third-order valence-electron chi connectivity index (χ3n) is 2.50.